The van der Waals surface area contributed by atoms with Crippen molar-refractivity contribution < 1.29 is 0 Å². The molecule has 1 fully saturated rings. The fourth-order valence-electron chi connectivity index (χ4n) is 3.94. The molecule has 0 bridgehead atoms. The zero-order chi connectivity index (χ0) is 15.9. The Hall–Kier alpha value is -2.62. The summed E-state index contributed by atoms with van der Waals surface area (Å²) in [7, 11) is 0. The van der Waals surface area contributed by atoms with Gasteiger partial charge in [-0.25, -0.2) is 9.97 Å². The molecule has 2 aromatic carbocycles. The van der Waals surface area contributed by atoms with Crippen LogP contribution >= 0.6 is 0 Å². The van der Waals surface area contributed by atoms with Crippen molar-refractivity contribution in [1.29, 1.82) is 0 Å². The Bertz CT molecular complexity index is 915. The molecular formula is C20H20N4. The number of rotatable bonds is 4. The monoisotopic (exact) mass is 316 g/mol. The number of nitrogens with zero attached hydrogens (tertiary/aromatic N) is 4. The van der Waals surface area contributed by atoms with Crippen molar-refractivity contribution in [2.75, 3.05) is 0 Å². The molecule has 0 radical (unpaired) electrons. The van der Waals surface area contributed by atoms with Crippen LogP contribution in [-0.2, 0) is 13.1 Å². The van der Waals surface area contributed by atoms with E-state index in [0.717, 1.165) is 36.0 Å². The van der Waals surface area contributed by atoms with Gasteiger partial charge in [-0.05, 0) is 48.9 Å². The molecule has 2 heterocycles. The van der Waals surface area contributed by atoms with Gasteiger partial charge in [0.25, 0.3) is 0 Å². The Kier molecular flexibility index (Phi) is 3.15. The molecule has 0 spiro atoms. The first kappa shape index (κ1) is 13.8. The lowest BCUT2D eigenvalue weighted by Gasteiger charge is -2.37. The summed E-state index contributed by atoms with van der Waals surface area (Å²) >= 11 is 0. The maximum absolute atomic E-state index is 4.52. The van der Waals surface area contributed by atoms with E-state index in [1.807, 2.05) is 12.7 Å². The standard InChI is InChI=1S/C20H20N4/c1-3-7-19-17(5-1)21-13-23(19)11-15-9-10-16(15)12-24-14-22-18-6-2-4-8-20(18)24/h1-8,13-16H,9-12H2. The highest BCUT2D eigenvalue weighted by molar-refractivity contribution is 5.75. The highest BCUT2D eigenvalue weighted by atomic mass is 15.1. The van der Waals surface area contributed by atoms with Crippen LogP contribution in [0.3, 0.4) is 0 Å². The maximum atomic E-state index is 4.52. The number of aromatic nitrogens is 4. The third kappa shape index (κ3) is 2.21. The van der Waals surface area contributed by atoms with E-state index in [4.69, 9.17) is 0 Å². The van der Waals surface area contributed by atoms with Crippen LogP contribution in [0.15, 0.2) is 61.2 Å². The summed E-state index contributed by atoms with van der Waals surface area (Å²) in [6, 6.07) is 16.8. The van der Waals surface area contributed by atoms with Gasteiger partial charge in [0.05, 0.1) is 34.7 Å². The second-order valence-electron chi connectivity index (χ2n) is 6.87. The summed E-state index contributed by atoms with van der Waals surface area (Å²) in [6.07, 6.45) is 6.60. The van der Waals surface area contributed by atoms with E-state index >= 15 is 0 Å². The summed E-state index contributed by atoms with van der Waals surface area (Å²) in [6.45, 7) is 2.13. The van der Waals surface area contributed by atoms with Crippen LogP contribution in [0.25, 0.3) is 22.1 Å². The van der Waals surface area contributed by atoms with Crippen LogP contribution in [0.4, 0.5) is 0 Å². The van der Waals surface area contributed by atoms with Crippen LogP contribution in [0.1, 0.15) is 12.8 Å². The molecule has 2 unspecified atom stereocenters. The van der Waals surface area contributed by atoms with E-state index in [-0.39, 0.29) is 0 Å². The lowest BCUT2D eigenvalue weighted by molar-refractivity contribution is 0.135. The van der Waals surface area contributed by atoms with Gasteiger partial charge in [0, 0.05) is 13.1 Å². The average Bonchev–Trinajstić information content (AvgIpc) is 3.21. The molecule has 0 N–H and O–H groups in total. The predicted octanol–water partition coefficient (Wildman–Crippen LogP) is 4.11. The number of para-hydroxylation sites is 4. The van der Waals surface area contributed by atoms with Crippen molar-refractivity contribution in [3.63, 3.8) is 0 Å². The summed E-state index contributed by atoms with van der Waals surface area (Å²) in [5, 5.41) is 0. The average molecular weight is 316 g/mol. The van der Waals surface area contributed by atoms with Crippen LogP contribution in [0.2, 0.25) is 0 Å². The molecule has 0 aliphatic heterocycles. The van der Waals surface area contributed by atoms with Gasteiger partial charge < -0.3 is 9.13 Å². The van der Waals surface area contributed by atoms with Gasteiger partial charge in [-0.2, -0.15) is 0 Å². The number of imidazole rings is 2. The van der Waals surface area contributed by atoms with Gasteiger partial charge in [0.1, 0.15) is 0 Å². The molecule has 0 saturated heterocycles. The summed E-state index contributed by atoms with van der Waals surface area (Å²) in [4.78, 5) is 9.04. The third-order valence-corrected chi connectivity index (χ3v) is 5.49. The number of hydrogen-bond acceptors (Lipinski definition) is 2. The van der Waals surface area contributed by atoms with Crippen molar-refractivity contribution in [2.24, 2.45) is 11.8 Å². The maximum Gasteiger partial charge on any atom is 0.0958 e. The van der Waals surface area contributed by atoms with E-state index < -0.39 is 0 Å². The van der Waals surface area contributed by atoms with E-state index in [1.54, 1.807) is 0 Å². The van der Waals surface area contributed by atoms with Crippen LogP contribution < -0.4 is 0 Å². The molecule has 0 amide bonds. The molecule has 5 rings (SSSR count). The van der Waals surface area contributed by atoms with Gasteiger partial charge in [-0.3, -0.25) is 0 Å². The fraction of sp³-hybridized carbons (Fsp3) is 0.300. The molecule has 4 aromatic rings. The first-order valence-corrected chi connectivity index (χ1v) is 8.68. The third-order valence-electron chi connectivity index (χ3n) is 5.49. The minimum atomic E-state index is 0.726. The second-order valence-corrected chi connectivity index (χ2v) is 6.87. The first-order chi connectivity index (χ1) is 11.9. The van der Waals surface area contributed by atoms with Gasteiger partial charge in [-0.1, -0.05) is 24.3 Å². The van der Waals surface area contributed by atoms with Crippen molar-refractivity contribution in [3.8, 4) is 0 Å². The highest BCUT2D eigenvalue weighted by Gasteiger charge is 2.31. The predicted molar refractivity (Wildman–Crippen MR) is 95.7 cm³/mol. The van der Waals surface area contributed by atoms with Crippen molar-refractivity contribution >= 4 is 22.1 Å². The van der Waals surface area contributed by atoms with E-state index in [9.17, 15) is 0 Å². The Morgan fingerprint density at radius 2 is 1.17 bits per heavy atom. The summed E-state index contributed by atoms with van der Waals surface area (Å²) in [5.74, 6) is 1.45. The quantitative estimate of drug-likeness (QED) is 0.568. The van der Waals surface area contributed by atoms with E-state index in [2.05, 4.69) is 67.6 Å². The molecule has 24 heavy (non-hydrogen) atoms. The zero-order valence-electron chi connectivity index (χ0n) is 13.5. The summed E-state index contributed by atoms with van der Waals surface area (Å²) < 4.78 is 4.64. The molecule has 2 aromatic heterocycles. The molecule has 1 aliphatic carbocycles. The van der Waals surface area contributed by atoms with Crippen LogP contribution in [0, 0.1) is 11.8 Å². The first-order valence-electron chi connectivity index (χ1n) is 8.68. The highest BCUT2D eigenvalue weighted by Crippen LogP contribution is 2.37. The van der Waals surface area contributed by atoms with Crippen molar-refractivity contribution in [2.45, 2.75) is 25.9 Å². The number of benzene rings is 2. The van der Waals surface area contributed by atoms with Crippen LogP contribution in [-0.4, -0.2) is 19.1 Å². The minimum absolute atomic E-state index is 0.726. The molecular weight excluding hydrogens is 296 g/mol. The fourth-order valence-corrected chi connectivity index (χ4v) is 3.94. The molecule has 4 heteroatoms. The number of fused-ring (bicyclic) bond motifs is 2. The molecule has 4 nitrogen and oxygen atoms in total. The van der Waals surface area contributed by atoms with E-state index in [0.29, 0.717) is 0 Å². The second kappa shape index (κ2) is 5.48. The lowest BCUT2D eigenvalue weighted by atomic mass is 9.73. The Balaban J connectivity index is 1.35. The molecule has 1 saturated carbocycles. The Labute approximate surface area is 140 Å². The molecule has 2 atom stereocenters. The van der Waals surface area contributed by atoms with Crippen molar-refractivity contribution in [3.05, 3.63) is 61.2 Å². The Morgan fingerprint density at radius 3 is 1.62 bits per heavy atom. The Morgan fingerprint density at radius 1 is 0.708 bits per heavy atom. The van der Waals surface area contributed by atoms with Gasteiger partial charge in [0.2, 0.25) is 0 Å². The normalized spacial score (nSPS) is 20.5. The van der Waals surface area contributed by atoms with Gasteiger partial charge >= 0.3 is 0 Å². The lowest BCUT2D eigenvalue weighted by Crippen LogP contribution is -2.32. The topological polar surface area (TPSA) is 35.6 Å². The smallest absolute Gasteiger partial charge is 0.0958 e. The number of hydrogen-bond donors (Lipinski definition) is 0. The van der Waals surface area contributed by atoms with Crippen molar-refractivity contribution in [1.82, 2.24) is 19.1 Å². The van der Waals surface area contributed by atoms with Gasteiger partial charge in [-0.15, -0.1) is 0 Å². The van der Waals surface area contributed by atoms with Gasteiger partial charge in [0.15, 0.2) is 0 Å². The van der Waals surface area contributed by atoms with Crippen LogP contribution in [0.5, 0.6) is 0 Å². The molecule has 1 aliphatic rings. The minimum Gasteiger partial charge on any atom is -0.330 e. The van der Waals surface area contributed by atoms with E-state index in [1.165, 1.54) is 23.9 Å². The largest absolute Gasteiger partial charge is 0.330 e. The summed E-state index contributed by atoms with van der Waals surface area (Å²) in [5.41, 5.74) is 4.68. The zero-order valence-corrected chi connectivity index (χ0v) is 13.5. The molecule has 120 valence electrons. The SMILES string of the molecule is c1ccc2c(c1)ncn2CC1CCC1Cn1cnc2ccccc21.